The number of nitrogens with one attached hydrogen (secondary N) is 1. The highest BCUT2D eigenvalue weighted by atomic mass is 28.3. The fourth-order valence-corrected chi connectivity index (χ4v) is 12.0. The van der Waals surface area contributed by atoms with Crippen LogP contribution in [0.3, 0.4) is 0 Å². The number of aliphatic hydroxyl groups excluding tert-OH is 2. The molecule has 270 valence electrons. The summed E-state index contributed by atoms with van der Waals surface area (Å²) in [5.41, 5.74) is 2.48. The molecule has 51 heavy (non-hydrogen) atoms. The first kappa shape index (κ1) is 36.2. The molecule has 3 aromatic carbocycles. The van der Waals surface area contributed by atoms with E-state index in [9.17, 15) is 15.0 Å². The molecule has 2 amide bonds. The van der Waals surface area contributed by atoms with E-state index in [0.717, 1.165) is 28.3 Å². The zero-order valence-electron chi connectivity index (χ0n) is 30.0. The number of fused-ring (bicyclic) bond motifs is 2. The molecule has 5 atom stereocenters. The van der Waals surface area contributed by atoms with Crippen molar-refractivity contribution in [3.63, 3.8) is 0 Å². The molecule has 13 heteroatoms. The summed E-state index contributed by atoms with van der Waals surface area (Å²) in [4.78, 5) is 28.9. The van der Waals surface area contributed by atoms with Crippen LogP contribution >= 0.6 is 0 Å². The second kappa shape index (κ2) is 14.6. The SMILES string of the molecule is COc1ccc([Si](C)(C)[C@@H]2[C@@H](CCn3cc(CCO)nn3)O[C@]3(C(=O)N(Cc4ccc(NC(=O)[C@H](C)O)cc4)c4ccc(OC)cc43)[C@H]2C)cc1. The molecule has 2 aliphatic rings. The molecule has 6 rings (SSSR count). The third kappa shape index (κ3) is 6.78. The molecule has 1 saturated heterocycles. The number of ether oxygens (including phenoxy) is 3. The van der Waals surface area contributed by atoms with E-state index < -0.39 is 25.7 Å². The first-order chi connectivity index (χ1) is 24.4. The summed E-state index contributed by atoms with van der Waals surface area (Å²) in [7, 11) is 0.922. The summed E-state index contributed by atoms with van der Waals surface area (Å²) in [5.74, 6) is 0.617. The molecule has 1 fully saturated rings. The molecule has 0 unspecified atom stereocenters. The number of hydrogen-bond acceptors (Lipinski definition) is 9. The maximum atomic E-state index is 15.1. The van der Waals surface area contributed by atoms with Crippen LogP contribution in [0.2, 0.25) is 18.6 Å². The second-order valence-corrected chi connectivity index (χ2v) is 18.7. The van der Waals surface area contributed by atoms with Gasteiger partial charge in [-0.15, -0.1) is 5.10 Å². The van der Waals surface area contributed by atoms with Gasteiger partial charge < -0.3 is 34.6 Å². The molecular weight excluding hydrogens is 667 g/mol. The van der Waals surface area contributed by atoms with Crippen LogP contribution in [0.25, 0.3) is 0 Å². The zero-order chi connectivity index (χ0) is 36.5. The van der Waals surface area contributed by atoms with Crippen molar-refractivity contribution in [1.29, 1.82) is 0 Å². The van der Waals surface area contributed by atoms with Crippen molar-refractivity contribution in [3.8, 4) is 11.5 Å². The molecular formula is C38H47N5O7Si. The van der Waals surface area contributed by atoms with Crippen molar-refractivity contribution in [2.45, 2.75) is 76.2 Å². The van der Waals surface area contributed by atoms with Crippen molar-refractivity contribution in [2.24, 2.45) is 5.92 Å². The van der Waals surface area contributed by atoms with Crippen molar-refractivity contribution in [2.75, 3.05) is 31.0 Å². The number of benzene rings is 3. The Morgan fingerprint density at radius 3 is 2.39 bits per heavy atom. The van der Waals surface area contributed by atoms with E-state index in [0.29, 0.717) is 37.4 Å². The molecule has 3 N–H and O–H groups in total. The molecule has 1 spiro atoms. The minimum absolute atomic E-state index is 0.000624. The Morgan fingerprint density at radius 1 is 1.06 bits per heavy atom. The first-order valence-corrected chi connectivity index (χ1v) is 20.4. The first-order valence-electron chi connectivity index (χ1n) is 17.3. The van der Waals surface area contributed by atoms with Crippen LogP contribution in [0.4, 0.5) is 11.4 Å². The maximum Gasteiger partial charge on any atom is 0.264 e. The average molecular weight is 714 g/mol. The molecule has 1 aromatic heterocycles. The smallest absolute Gasteiger partial charge is 0.264 e. The van der Waals surface area contributed by atoms with E-state index in [-0.39, 0.29) is 30.1 Å². The number of hydrogen-bond donors (Lipinski definition) is 3. The van der Waals surface area contributed by atoms with Crippen molar-refractivity contribution >= 4 is 36.4 Å². The predicted octanol–water partition coefficient (Wildman–Crippen LogP) is 4.00. The van der Waals surface area contributed by atoms with Gasteiger partial charge in [-0.3, -0.25) is 14.3 Å². The largest absolute Gasteiger partial charge is 0.497 e. The lowest BCUT2D eigenvalue weighted by molar-refractivity contribution is -0.146. The second-order valence-electron chi connectivity index (χ2n) is 14.0. The van der Waals surface area contributed by atoms with Crippen LogP contribution in [-0.4, -0.2) is 78.1 Å². The normalized spacial score (nSPS) is 21.9. The number of anilines is 2. The average Bonchev–Trinajstić information content (AvgIpc) is 3.77. The quantitative estimate of drug-likeness (QED) is 0.175. The fraction of sp³-hybridized carbons (Fsp3) is 0.421. The maximum absolute atomic E-state index is 15.1. The van der Waals surface area contributed by atoms with Gasteiger partial charge in [-0.25, -0.2) is 0 Å². The Hall–Kier alpha value is -4.56. The van der Waals surface area contributed by atoms with Gasteiger partial charge in [-0.1, -0.05) is 54.7 Å². The number of rotatable bonds is 13. The van der Waals surface area contributed by atoms with Gasteiger partial charge in [0, 0.05) is 42.9 Å². The predicted molar refractivity (Wildman–Crippen MR) is 196 cm³/mol. The number of aliphatic hydroxyl groups is 2. The number of carbonyl (C=O) groups is 2. The molecule has 12 nitrogen and oxygen atoms in total. The topological polar surface area (TPSA) is 148 Å². The van der Waals surface area contributed by atoms with Crippen LogP contribution in [0.15, 0.2) is 72.9 Å². The lowest BCUT2D eigenvalue weighted by Gasteiger charge is -2.37. The van der Waals surface area contributed by atoms with Gasteiger partial charge in [0.15, 0.2) is 5.60 Å². The standard InChI is InChI=1S/C38H47N5O7Si/c1-24-35(51(5,6)31-14-11-29(48-3)12-15-31)34(17-19-42-23-28(18-20-44)40-41-42)50-38(24)32-21-30(49-4)13-16-33(32)43(37(38)47)22-26-7-9-27(10-8-26)39-36(46)25(2)45/h7-16,21,23-25,34-35,44-45H,17-20,22H2,1-6H3,(H,39,46)/t24-,25-,34+,35-,38+/m0/s1. The fourth-order valence-electron chi connectivity index (χ4n) is 7.91. The molecule has 0 saturated carbocycles. The van der Waals surface area contributed by atoms with Gasteiger partial charge in [0.05, 0.1) is 46.3 Å². The third-order valence-electron chi connectivity index (χ3n) is 10.6. The Kier molecular flexibility index (Phi) is 10.4. The Balaban J connectivity index is 1.38. The van der Waals surface area contributed by atoms with Crippen LogP contribution in [-0.2, 0) is 39.4 Å². The number of carbonyl (C=O) groups excluding carboxylic acids is 2. The molecule has 0 bridgehead atoms. The number of amides is 2. The molecule has 0 aliphatic carbocycles. The molecule has 2 aliphatic heterocycles. The van der Waals surface area contributed by atoms with Crippen LogP contribution < -0.4 is 24.9 Å². The van der Waals surface area contributed by atoms with Gasteiger partial charge in [-0.05, 0) is 66.9 Å². The summed E-state index contributed by atoms with van der Waals surface area (Å²) in [5, 5.41) is 31.4. The molecule has 4 aromatic rings. The van der Waals surface area contributed by atoms with E-state index in [1.54, 1.807) is 35.9 Å². The number of aryl methyl sites for hydroxylation is 1. The summed E-state index contributed by atoms with van der Waals surface area (Å²) >= 11 is 0. The minimum atomic E-state index is -2.36. The van der Waals surface area contributed by atoms with Crippen LogP contribution in [0, 0.1) is 5.92 Å². The highest BCUT2D eigenvalue weighted by Crippen LogP contribution is 2.60. The van der Waals surface area contributed by atoms with Crippen LogP contribution in [0.1, 0.15) is 37.1 Å². The van der Waals surface area contributed by atoms with Gasteiger partial charge in [0.1, 0.15) is 17.6 Å². The zero-order valence-corrected chi connectivity index (χ0v) is 31.0. The third-order valence-corrected chi connectivity index (χ3v) is 14.9. The van der Waals surface area contributed by atoms with Crippen LogP contribution in [0.5, 0.6) is 11.5 Å². The van der Waals surface area contributed by atoms with E-state index in [2.05, 4.69) is 47.8 Å². The Bertz CT molecular complexity index is 1860. The lowest BCUT2D eigenvalue weighted by atomic mass is 9.82. The van der Waals surface area contributed by atoms with Crippen molar-refractivity contribution < 1.29 is 34.0 Å². The Morgan fingerprint density at radius 2 is 1.75 bits per heavy atom. The summed E-state index contributed by atoms with van der Waals surface area (Å²) in [6.45, 7) is 9.10. The van der Waals surface area contributed by atoms with Gasteiger partial charge in [-0.2, -0.15) is 0 Å². The summed E-state index contributed by atoms with van der Waals surface area (Å²) < 4.78 is 20.2. The monoisotopic (exact) mass is 713 g/mol. The van der Waals surface area contributed by atoms with Gasteiger partial charge in [0.2, 0.25) is 0 Å². The summed E-state index contributed by atoms with van der Waals surface area (Å²) in [6, 6.07) is 21.3. The number of methoxy groups -OCH3 is 2. The van der Waals surface area contributed by atoms with Crippen molar-refractivity contribution in [3.05, 3.63) is 89.7 Å². The van der Waals surface area contributed by atoms with E-state index in [1.165, 1.54) is 12.1 Å². The van der Waals surface area contributed by atoms with E-state index in [4.69, 9.17) is 14.2 Å². The minimum Gasteiger partial charge on any atom is -0.497 e. The highest BCUT2D eigenvalue weighted by molar-refractivity contribution is 6.91. The van der Waals surface area contributed by atoms with E-state index in [1.807, 2.05) is 48.7 Å². The number of aromatic nitrogens is 3. The van der Waals surface area contributed by atoms with Gasteiger partial charge in [0.25, 0.3) is 11.8 Å². The molecule has 0 radical (unpaired) electrons. The van der Waals surface area contributed by atoms with E-state index >= 15 is 4.79 Å². The van der Waals surface area contributed by atoms with Crippen molar-refractivity contribution in [1.82, 2.24) is 15.0 Å². The Labute approximate surface area is 299 Å². The summed E-state index contributed by atoms with van der Waals surface area (Å²) in [6.07, 6.45) is 1.49. The van der Waals surface area contributed by atoms with Gasteiger partial charge >= 0.3 is 0 Å². The lowest BCUT2D eigenvalue weighted by Crippen LogP contribution is -2.51. The number of nitrogens with zero attached hydrogens (tertiary/aromatic N) is 4. The highest BCUT2D eigenvalue weighted by Gasteiger charge is 2.66. The molecule has 3 heterocycles.